The highest BCUT2D eigenvalue weighted by Gasteiger charge is 2.23. The van der Waals surface area contributed by atoms with Crippen molar-refractivity contribution in [1.82, 2.24) is 14.9 Å². The minimum absolute atomic E-state index is 0.0757. The molecule has 0 bridgehead atoms. The highest BCUT2D eigenvalue weighted by Crippen LogP contribution is 2.04. The van der Waals surface area contributed by atoms with E-state index >= 15 is 0 Å². The van der Waals surface area contributed by atoms with Gasteiger partial charge in [-0.1, -0.05) is 12.1 Å². The van der Waals surface area contributed by atoms with Crippen molar-refractivity contribution in [3.05, 3.63) is 35.6 Å². The molecule has 0 spiro atoms. The van der Waals surface area contributed by atoms with Crippen LogP contribution in [0.4, 0.5) is 4.39 Å². The van der Waals surface area contributed by atoms with Crippen LogP contribution in [0.2, 0.25) is 0 Å². The predicted molar refractivity (Wildman–Crippen MR) is 81.3 cm³/mol. The maximum Gasteiger partial charge on any atom is 0.224 e. The summed E-state index contributed by atoms with van der Waals surface area (Å²) in [7, 11) is -3.33. The number of sulfonamides is 1. The van der Waals surface area contributed by atoms with E-state index in [0.717, 1.165) is 0 Å². The Morgan fingerprint density at radius 1 is 1.23 bits per heavy atom. The molecule has 1 aliphatic heterocycles. The van der Waals surface area contributed by atoms with Crippen molar-refractivity contribution in [2.45, 2.75) is 6.42 Å². The molecular formula is C14H20FN3O3S. The second-order valence-corrected chi connectivity index (χ2v) is 7.21. The maximum absolute atomic E-state index is 12.8. The molecule has 2 N–H and O–H groups in total. The van der Waals surface area contributed by atoms with Crippen molar-refractivity contribution in [2.24, 2.45) is 0 Å². The third-order valence-electron chi connectivity index (χ3n) is 3.43. The van der Waals surface area contributed by atoms with Crippen LogP contribution in [0.3, 0.4) is 0 Å². The Kier molecular flexibility index (Phi) is 5.87. The van der Waals surface area contributed by atoms with Crippen LogP contribution < -0.4 is 10.6 Å². The molecule has 8 heteroatoms. The number of hydrogen-bond donors (Lipinski definition) is 2. The summed E-state index contributed by atoms with van der Waals surface area (Å²) >= 11 is 0. The summed E-state index contributed by atoms with van der Waals surface area (Å²) < 4.78 is 38.3. The summed E-state index contributed by atoms with van der Waals surface area (Å²) in [6.45, 7) is 2.30. The molecule has 22 heavy (non-hydrogen) atoms. The molecule has 1 heterocycles. The lowest BCUT2D eigenvalue weighted by Gasteiger charge is -2.26. The summed E-state index contributed by atoms with van der Waals surface area (Å²) in [4.78, 5) is 11.7. The standard InChI is InChI=1S/C14H20FN3O3S/c15-13-3-1-12(2-4-13)11-14(19)17-7-10-22(20,21)18-8-5-16-6-9-18/h1-4,16H,5-11H2,(H,17,19). The average Bonchev–Trinajstić information content (AvgIpc) is 2.50. The van der Waals surface area contributed by atoms with Crippen LogP contribution in [0.1, 0.15) is 5.56 Å². The van der Waals surface area contributed by atoms with Gasteiger partial charge in [-0.3, -0.25) is 4.79 Å². The summed E-state index contributed by atoms with van der Waals surface area (Å²) in [6, 6.07) is 5.65. The van der Waals surface area contributed by atoms with Gasteiger partial charge in [-0.25, -0.2) is 12.8 Å². The van der Waals surface area contributed by atoms with E-state index < -0.39 is 10.0 Å². The molecule has 0 atom stereocenters. The van der Waals surface area contributed by atoms with E-state index in [-0.39, 0.29) is 30.4 Å². The minimum atomic E-state index is -3.33. The van der Waals surface area contributed by atoms with E-state index in [1.807, 2.05) is 0 Å². The van der Waals surface area contributed by atoms with Gasteiger partial charge in [0.15, 0.2) is 0 Å². The molecule has 122 valence electrons. The molecule has 1 aliphatic rings. The van der Waals surface area contributed by atoms with Crippen LogP contribution in [0.15, 0.2) is 24.3 Å². The molecule has 2 rings (SSSR count). The second-order valence-electron chi connectivity index (χ2n) is 5.12. The molecule has 0 unspecified atom stereocenters. The Balaban J connectivity index is 1.75. The van der Waals surface area contributed by atoms with Crippen LogP contribution in [-0.4, -0.2) is 57.1 Å². The molecule has 1 amide bonds. The van der Waals surface area contributed by atoms with Gasteiger partial charge in [0.2, 0.25) is 15.9 Å². The van der Waals surface area contributed by atoms with E-state index in [0.29, 0.717) is 31.7 Å². The molecule has 1 aromatic rings. The van der Waals surface area contributed by atoms with Gasteiger partial charge >= 0.3 is 0 Å². The summed E-state index contributed by atoms with van der Waals surface area (Å²) in [5, 5.41) is 5.68. The quantitative estimate of drug-likeness (QED) is 0.752. The van der Waals surface area contributed by atoms with Crippen molar-refractivity contribution >= 4 is 15.9 Å². The zero-order valence-electron chi connectivity index (χ0n) is 12.2. The van der Waals surface area contributed by atoms with Crippen LogP contribution >= 0.6 is 0 Å². The van der Waals surface area contributed by atoms with Crippen molar-refractivity contribution in [1.29, 1.82) is 0 Å². The van der Waals surface area contributed by atoms with E-state index in [9.17, 15) is 17.6 Å². The van der Waals surface area contributed by atoms with E-state index in [2.05, 4.69) is 10.6 Å². The molecule has 0 aromatic heterocycles. The number of piperazine rings is 1. The third kappa shape index (κ3) is 5.04. The van der Waals surface area contributed by atoms with Crippen molar-refractivity contribution in [2.75, 3.05) is 38.5 Å². The number of carbonyl (C=O) groups is 1. The molecule has 6 nitrogen and oxygen atoms in total. The number of nitrogens with one attached hydrogen (secondary N) is 2. The van der Waals surface area contributed by atoms with Gasteiger partial charge in [-0.2, -0.15) is 4.31 Å². The number of amides is 1. The first-order chi connectivity index (χ1) is 10.5. The summed E-state index contributed by atoms with van der Waals surface area (Å²) in [6.07, 6.45) is 0.105. The largest absolute Gasteiger partial charge is 0.355 e. The predicted octanol–water partition coefficient (Wildman–Crippen LogP) is -0.281. The number of nitrogens with zero attached hydrogens (tertiary/aromatic N) is 1. The lowest BCUT2D eigenvalue weighted by atomic mass is 10.1. The first kappa shape index (κ1) is 16.9. The molecule has 0 saturated carbocycles. The first-order valence-electron chi connectivity index (χ1n) is 7.17. The SMILES string of the molecule is O=C(Cc1ccc(F)cc1)NCCS(=O)(=O)N1CCNCC1. The molecule has 0 aliphatic carbocycles. The van der Waals surface area contributed by atoms with E-state index in [1.165, 1.54) is 28.6 Å². The highest BCUT2D eigenvalue weighted by atomic mass is 32.2. The Hall–Kier alpha value is -1.51. The number of carbonyl (C=O) groups excluding carboxylic acids is 1. The van der Waals surface area contributed by atoms with E-state index in [4.69, 9.17) is 0 Å². The second kappa shape index (κ2) is 7.66. The molecule has 0 radical (unpaired) electrons. The van der Waals surface area contributed by atoms with Crippen molar-refractivity contribution < 1.29 is 17.6 Å². The topological polar surface area (TPSA) is 78.5 Å². The Bertz CT molecular complexity index is 598. The average molecular weight is 329 g/mol. The van der Waals surface area contributed by atoms with Crippen molar-refractivity contribution in [3.8, 4) is 0 Å². The van der Waals surface area contributed by atoms with Gasteiger partial charge < -0.3 is 10.6 Å². The molecule has 1 saturated heterocycles. The van der Waals surface area contributed by atoms with Gasteiger partial charge in [-0.15, -0.1) is 0 Å². The number of halogens is 1. The number of hydrogen-bond acceptors (Lipinski definition) is 4. The zero-order chi connectivity index (χ0) is 16.0. The molecule has 1 aromatic carbocycles. The third-order valence-corrected chi connectivity index (χ3v) is 5.30. The van der Waals surface area contributed by atoms with Gasteiger partial charge in [0.25, 0.3) is 0 Å². The smallest absolute Gasteiger partial charge is 0.224 e. The minimum Gasteiger partial charge on any atom is -0.355 e. The van der Waals surface area contributed by atoms with Crippen LogP contribution in [0.25, 0.3) is 0 Å². The number of rotatable bonds is 6. The first-order valence-corrected chi connectivity index (χ1v) is 8.78. The van der Waals surface area contributed by atoms with Gasteiger partial charge in [-0.05, 0) is 17.7 Å². The van der Waals surface area contributed by atoms with Gasteiger partial charge in [0, 0.05) is 32.7 Å². The fraction of sp³-hybridized carbons (Fsp3) is 0.500. The summed E-state index contributed by atoms with van der Waals surface area (Å²) in [5.41, 5.74) is 0.684. The normalized spacial score (nSPS) is 16.4. The summed E-state index contributed by atoms with van der Waals surface area (Å²) in [5.74, 6) is -0.740. The monoisotopic (exact) mass is 329 g/mol. The maximum atomic E-state index is 12.8. The Morgan fingerprint density at radius 2 is 1.86 bits per heavy atom. The lowest BCUT2D eigenvalue weighted by Crippen LogP contribution is -2.48. The lowest BCUT2D eigenvalue weighted by molar-refractivity contribution is -0.120. The van der Waals surface area contributed by atoms with E-state index in [1.54, 1.807) is 0 Å². The highest BCUT2D eigenvalue weighted by molar-refractivity contribution is 7.89. The Labute approximate surface area is 129 Å². The van der Waals surface area contributed by atoms with Gasteiger partial charge in [0.05, 0.1) is 12.2 Å². The van der Waals surface area contributed by atoms with Gasteiger partial charge in [0.1, 0.15) is 5.82 Å². The van der Waals surface area contributed by atoms with Crippen molar-refractivity contribution in [3.63, 3.8) is 0 Å². The fourth-order valence-corrected chi connectivity index (χ4v) is 3.58. The fourth-order valence-electron chi connectivity index (χ4n) is 2.22. The Morgan fingerprint density at radius 3 is 2.50 bits per heavy atom. The van der Waals surface area contributed by atoms with Crippen LogP contribution in [0.5, 0.6) is 0 Å². The zero-order valence-corrected chi connectivity index (χ0v) is 13.0. The van der Waals surface area contributed by atoms with Crippen LogP contribution in [0, 0.1) is 5.82 Å². The molecule has 1 fully saturated rings. The molecular weight excluding hydrogens is 309 g/mol. The van der Waals surface area contributed by atoms with Crippen LogP contribution in [-0.2, 0) is 21.2 Å². The number of benzene rings is 1.